The van der Waals surface area contributed by atoms with Gasteiger partial charge in [0.2, 0.25) is 0 Å². The van der Waals surface area contributed by atoms with E-state index in [2.05, 4.69) is 63.6 Å². The van der Waals surface area contributed by atoms with Crippen molar-refractivity contribution in [3.63, 3.8) is 0 Å². The van der Waals surface area contributed by atoms with Crippen LogP contribution in [0.3, 0.4) is 0 Å². The number of hydrogen-bond acceptors (Lipinski definition) is 6. The summed E-state index contributed by atoms with van der Waals surface area (Å²) in [5.74, 6) is -0.0824. The van der Waals surface area contributed by atoms with Crippen molar-refractivity contribution in [2.24, 2.45) is 0 Å². The Morgan fingerprint density at radius 3 is 2.31 bits per heavy atom. The summed E-state index contributed by atoms with van der Waals surface area (Å²) < 4.78 is 13.5. The minimum atomic E-state index is -0.501. The van der Waals surface area contributed by atoms with E-state index < -0.39 is 6.29 Å². The first-order valence-corrected chi connectivity index (χ1v) is 17.6. The van der Waals surface area contributed by atoms with Gasteiger partial charge < -0.3 is 24.8 Å². The van der Waals surface area contributed by atoms with Crippen molar-refractivity contribution < 1.29 is 19.4 Å². The molecule has 4 unspecified atom stereocenters. The lowest BCUT2D eigenvalue weighted by Gasteiger charge is -2.39. The number of aliphatic hydroxyl groups is 1. The summed E-state index contributed by atoms with van der Waals surface area (Å²) in [6, 6.07) is 34.8. The quantitative estimate of drug-likeness (QED) is 0.185. The second-order valence-electron chi connectivity index (χ2n) is 13.5. The molecule has 3 heterocycles. The standard InChI is InChI=1S/C41H47N3O4/c45-29-30-16-18-32(19-17-30)39-25-38(28-44-22-8-15-37(44)27-43-20-4-5-21-43)47-41(48-39)36-14-7-13-35(24-36)34-12-6-9-31(23-34)26-42-40(46)33-10-2-1-3-11-33/h1-3,6-7,9-14,16-19,23-24,37-39,41,45H,4-5,8,15,20-22,25-29H2,(H,42,46). The largest absolute Gasteiger partial charge is 0.392 e. The van der Waals surface area contributed by atoms with Gasteiger partial charge in [0.25, 0.3) is 5.91 Å². The molecule has 4 aromatic rings. The van der Waals surface area contributed by atoms with Gasteiger partial charge in [-0.15, -0.1) is 0 Å². The molecule has 7 heteroatoms. The van der Waals surface area contributed by atoms with Crippen molar-refractivity contribution in [3.05, 3.63) is 131 Å². The molecule has 0 aliphatic carbocycles. The summed E-state index contributed by atoms with van der Waals surface area (Å²) in [6.45, 7) is 6.12. The highest BCUT2D eigenvalue weighted by Gasteiger charge is 2.36. The first-order chi connectivity index (χ1) is 23.6. The van der Waals surface area contributed by atoms with E-state index in [9.17, 15) is 9.90 Å². The zero-order valence-electron chi connectivity index (χ0n) is 27.7. The molecule has 4 aromatic carbocycles. The monoisotopic (exact) mass is 645 g/mol. The molecule has 250 valence electrons. The van der Waals surface area contributed by atoms with Crippen LogP contribution < -0.4 is 5.32 Å². The van der Waals surface area contributed by atoms with Crippen molar-refractivity contribution in [2.45, 2.75) is 69.8 Å². The van der Waals surface area contributed by atoms with E-state index in [1.165, 1.54) is 38.8 Å². The fraction of sp³-hybridized carbons (Fsp3) is 0.390. The molecular weight excluding hydrogens is 598 g/mol. The lowest BCUT2D eigenvalue weighted by Crippen LogP contribution is -2.45. The SMILES string of the molecule is O=C(NCc1cccc(-c2cccc(C3OC(CN4CCCC4CN4CCCC4)CC(c4ccc(CO)cc4)O3)c2)c1)c1ccccc1. The van der Waals surface area contributed by atoms with Crippen molar-refractivity contribution >= 4 is 5.91 Å². The Morgan fingerprint density at radius 1 is 0.750 bits per heavy atom. The molecule has 3 aliphatic rings. The molecule has 2 N–H and O–H groups in total. The van der Waals surface area contributed by atoms with Gasteiger partial charge in [-0.05, 0) is 97.4 Å². The second kappa shape index (κ2) is 15.6. The first-order valence-electron chi connectivity index (χ1n) is 17.6. The summed E-state index contributed by atoms with van der Waals surface area (Å²) in [4.78, 5) is 17.9. The van der Waals surface area contributed by atoms with E-state index in [-0.39, 0.29) is 24.7 Å². The number of nitrogens with zero attached hydrogens (tertiary/aromatic N) is 2. The Kier molecular flexibility index (Phi) is 10.6. The van der Waals surface area contributed by atoms with Gasteiger partial charge in [-0.1, -0.05) is 78.9 Å². The average molecular weight is 646 g/mol. The highest BCUT2D eigenvalue weighted by Crippen LogP contribution is 2.39. The molecule has 0 aromatic heterocycles. The van der Waals surface area contributed by atoms with Crippen molar-refractivity contribution in [1.82, 2.24) is 15.1 Å². The highest BCUT2D eigenvalue weighted by atomic mass is 16.7. The zero-order chi connectivity index (χ0) is 32.7. The van der Waals surface area contributed by atoms with Crippen molar-refractivity contribution in [2.75, 3.05) is 32.7 Å². The fourth-order valence-electron chi connectivity index (χ4n) is 7.50. The molecule has 3 saturated heterocycles. The molecule has 3 aliphatic heterocycles. The van der Waals surface area contributed by atoms with Crippen LogP contribution in [0.25, 0.3) is 11.1 Å². The topological polar surface area (TPSA) is 74.3 Å². The molecule has 48 heavy (non-hydrogen) atoms. The van der Waals surface area contributed by atoms with Crippen LogP contribution in [0.15, 0.2) is 103 Å². The second-order valence-corrected chi connectivity index (χ2v) is 13.5. The first kappa shape index (κ1) is 32.7. The smallest absolute Gasteiger partial charge is 0.251 e. The van der Waals surface area contributed by atoms with Gasteiger partial charge in [0.15, 0.2) is 6.29 Å². The average Bonchev–Trinajstić information content (AvgIpc) is 3.83. The number of nitrogens with one attached hydrogen (secondary N) is 1. The van der Waals surface area contributed by atoms with E-state index in [0.717, 1.165) is 59.4 Å². The molecule has 3 fully saturated rings. The summed E-state index contributed by atoms with van der Waals surface area (Å²) in [6.07, 6.45) is 5.36. The number of amides is 1. The number of ether oxygens (including phenoxy) is 2. The Labute approximate surface area is 284 Å². The van der Waals surface area contributed by atoms with Gasteiger partial charge in [-0.25, -0.2) is 0 Å². The minimum absolute atomic E-state index is 0.0287. The van der Waals surface area contributed by atoms with Gasteiger partial charge in [-0.2, -0.15) is 0 Å². The number of hydrogen-bond donors (Lipinski definition) is 2. The number of carbonyl (C=O) groups is 1. The Balaban J connectivity index is 1.08. The number of aliphatic hydroxyl groups excluding tert-OH is 1. The van der Waals surface area contributed by atoms with Gasteiger partial charge in [-0.3, -0.25) is 9.69 Å². The predicted molar refractivity (Wildman–Crippen MR) is 188 cm³/mol. The Hall–Kier alpha value is -3.85. The predicted octanol–water partition coefficient (Wildman–Crippen LogP) is 6.88. The van der Waals surface area contributed by atoms with Crippen LogP contribution in [0.5, 0.6) is 0 Å². The third-order valence-electron chi connectivity index (χ3n) is 10.1. The number of rotatable bonds is 11. The maximum Gasteiger partial charge on any atom is 0.251 e. The molecule has 0 spiro atoms. The van der Waals surface area contributed by atoms with Gasteiger partial charge in [0.1, 0.15) is 0 Å². The maximum absolute atomic E-state index is 12.6. The zero-order valence-corrected chi connectivity index (χ0v) is 27.7. The molecular formula is C41H47N3O4. The maximum atomic E-state index is 12.6. The van der Waals surface area contributed by atoms with Crippen LogP contribution >= 0.6 is 0 Å². The molecule has 4 atom stereocenters. The molecule has 7 rings (SSSR count). The highest BCUT2D eigenvalue weighted by molar-refractivity contribution is 5.94. The fourth-order valence-corrected chi connectivity index (χ4v) is 7.50. The third-order valence-corrected chi connectivity index (χ3v) is 10.1. The van der Waals surface area contributed by atoms with E-state index >= 15 is 0 Å². The lowest BCUT2D eigenvalue weighted by atomic mass is 9.98. The van der Waals surface area contributed by atoms with Crippen LogP contribution in [-0.4, -0.2) is 65.7 Å². The van der Waals surface area contributed by atoms with Crippen LogP contribution in [0, 0.1) is 0 Å². The van der Waals surface area contributed by atoms with Crippen LogP contribution in [0.1, 0.15) is 77.1 Å². The number of benzene rings is 4. The van der Waals surface area contributed by atoms with Crippen LogP contribution in [0.4, 0.5) is 0 Å². The molecule has 0 saturated carbocycles. The van der Waals surface area contributed by atoms with Gasteiger partial charge in [0, 0.05) is 43.2 Å². The Bertz CT molecular complexity index is 1640. The van der Waals surface area contributed by atoms with E-state index in [1.54, 1.807) is 0 Å². The van der Waals surface area contributed by atoms with Crippen LogP contribution in [-0.2, 0) is 22.6 Å². The molecule has 1 amide bonds. The molecule has 0 bridgehead atoms. The minimum Gasteiger partial charge on any atom is -0.392 e. The summed E-state index contributed by atoms with van der Waals surface area (Å²) in [5, 5.41) is 12.7. The molecule has 7 nitrogen and oxygen atoms in total. The summed E-state index contributed by atoms with van der Waals surface area (Å²) in [7, 11) is 0. The molecule has 0 radical (unpaired) electrons. The number of carbonyl (C=O) groups excluding carboxylic acids is 1. The van der Waals surface area contributed by atoms with Gasteiger partial charge in [0.05, 0.1) is 18.8 Å². The third kappa shape index (κ3) is 8.05. The number of likely N-dealkylation sites (tertiary alicyclic amines) is 2. The van der Waals surface area contributed by atoms with E-state index in [0.29, 0.717) is 18.2 Å². The van der Waals surface area contributed by atoms with Crippen LogP contribution in [0.2, 0.25) is 0 Å². The Morgan fingerprint density at radius 2 is 1.52 bits per heavy atom. The summed E-state index contributed by atoms with van der Waals surface area (Å²) >= 11 is 0. The van der Waals surface area contributed by atoms with Crippen molar-refractivity contribution in [1.29, 1.82) is 0 Å². The lowest BCUT2D eigenvalue weighted by molar-refractivity contribution is -0.253. The summed E-state index contributed by atoms with van der Waals surface area (Å²) in [5.41, 5.74) is 6.85. The van der Waals surface area contributed by atoms with Gasteiger partial charge >= 0.3 is 0 Å². The normalized spacial score (nSPS) is 23.4. The van der Waals surface area contributed by atoms with E-state index in [1.807, 2.05) is 54.6 Å². The van der Waals surface area contributed by atoms with Crippen molar-refractivity contribution in [3.8, 4) is 11.1 Å². The van der Waals surface area contributed by atoms with E-state index in [4.69, 9.17) is 9.47 Å².